The molecule has 0 spiro atoms. The predicted molar refractivity (Wildman–Crippen MR) is 136 cm³/mol. The highest BCUT2D eigenvalue weighted by atomic mass is 35.5. The molecule has 33 heavy (non-hydrogen) atoms. The second-order valence-electron chi connectivity index (χ2n) is 9.06. The van der Waals surface area contributed by atoms with Gasteiger partial charge in [-0.1, -0.05) is 32.0 Å². The van der Waals surface area contributed by atoms with E-state index in [1.165, 1.54) is 12.1 Å². The summed E-state index contributed by atoms with van der Waals surface area (Å²) in [6.07, 6.45) is 3.62. The van der Waals surface area contributed by atoms with E-state index in [-0.39, 0.29) is 41.8 Å². The molecule has 0 aliphatic carbocycles. The van der Waals surface area contributed by atoms with E-state index in [1.807, 2.05) is 23.3 Å². The standard InChI is InChI=1S/C26H31FN2O2S.ClH/c1-18(2)26(32-3)22-6-4-5-7-23(22)29(25(26)31)17-16-28-14-12-20(13-15-28)24(30)19-8-10-21(27)11-9-19;/h4-11,18,20H,12-17H2,1-3H3;1H. The van der Waals surface area contributed by atoms with Crippen LogP contribution in [0.1, 0.15) is 42.6 Å². The SMILES string of the molecule is CSC1(C(C)C)C(=O)N(CCN2CCC(C(=O)c3ccc(F)cc3)CC2)c2ccccc21.Cl. The van der Waals surface area contributed by atoms with Gasteiger partial charge in [0.1, 0.15) is 10.6 Å². The number of rotatable bonds is 7. The summed E-state index contributed by atoms with van der Waals surface area (Å²) in [5.41, 5.74) is 2.74. The Kier molecular flexibility index (Phi) is 8.25. The van der Waals surface area contributed by atoms with Gasteiger partial charge in [-0.2, -0.15) is 0 Å². The first-order chi connectivity index (χ1) is 15.4. The van der Waals surface area contributed by atoms with Gasteiger partial charge in [-0.25, -0.2) is 4.39 Å². The number of hydrogen-bond donors (Lipinski definition) is 0. The average Bonchev–Trinajstić information content (AvgIpc) is 3.06. The first-order valence-electron chi connectivity index (χ1n) is 11.4. The number of benzene rings is 2. The van der Waals surface area contributed by atoms with Crippen molar-refractivity contribution in [3.63, 3.8) is 0 Å². The molecule has 2 heterocycles. The number of para-hydroxylation sites is 1. The highest BCUT2D eigenvalue weighted by Crippen LogP contribution is 2.52. The van der Waals surface area contributed by atoms with Gasteiger partial charge >= 0.3 is 0 Å². The Labute approximate surface area is 206 Å². The van der Waals surface area contributed by atoms with Crippen molar-refractivity contribution in [2.24, 2.45) is 11.8 Å². The number of fused-ring (bicyclic) bond motifs is 1. The van der Waals surface area contributed by atoms with Crippen LogP contribution in [-0.2, 0) is 9.54 Å². The zero-order valence-corrected chi connectivity index (χ0v) is 21.1. The third-order valence-corrected chi connectivity index (χ3v) is 8.53. The molecule has 1 saturated heterocycles. The van der Waals surface area contributed by atoms with Gasteiger partial charge in [0.05, 0.1) is 0 Å². The lowest BCUT2D eigenvalue weighted by Gasteiger charge is -2.33. The molecule has 2 aromatic carbocycles. The molecule has 2 aliphatic rings. The summed E-state index contributed by atoms with van der Waals surface area (Å²) in [5, 5.41) is 0. The van der Waals surface area contributed by atoms with Crippen molar-refractivity contribution in [3.05, 3.63) is 65.5 Å². The van der Waals surface area contributed by atoms with Crippen LogP contribution in [0.2, 0.25) is 0 Å². The minimum Gasteiger partial charge on any atom is -0.309 e. The molecule has 0 saturated carbocycles. The normalized spacial score (nSPS) is 21.2. The molecular formula is C26H32ClFN2O2S. The van der Waals surface area contributed by atoms with Crippen molar-refractivity contribution < 1.29 is 14.0 Å². The fourth-order valence-corrected chi connectivity index (χ4v) is 6.32. The molecule has 1 unspecified atom stereocenters. The summed E-state index contributed by atoms with van der Waals surface area (Å²) >= 11 is 1.64. The first kappa shape index (κ1) is 25.7. The summed E-state index contributed by atoms with van der Waals surface area (Å²) < 4.78 is 12.6. The molecule has 7 heteroatoms. The smallest absolute Gasteiger partial charge is 0.248 e. The average molecular weight is 491 g/mol. The van der Waals surface area contributed by atoms with Crippen molar-refractivity contribution in [2.75, 3.05) is 37.3 Å². The predicted octanol–water partition coefficient (Wildman–Crippen LogP) is 5.40. The largest absolute Gasteiger partial charge is 0.309 e. The lowest BCUT2D eigenvalue weighted by atomic mass is 9.88. The molecule has 2 aliphatic heterocycles. The van der Waals surface area contributed by atoms with Crippen molar-refractivity contribution >= 4 is 41.5 Å². The Morgan fingerprint density at radius 2 is 1.73 bits per heavy atom. The summed E-state index contributed by atoms with van der Waals surface area (Å²) in [4.78, 5) is 30.6. The van der Waals surface area contributed by atoms with Crippen LogP contribution in [0, 0.1) is 17.7 Å². The van der Waals surface area contributed by atoms with E-state index >= 15 is 0 Å². The number of Topliss-reactive ketones (excluding diaryl/α,β-unsaturated/α-hetero) is 1. The Morgan fingerprint density at radius 3 is 2.33 bits per heavy atom. The summed E-state index contributed by atoms with van der Waals surface area (Å²) in [5.74, 6) is 0.148. The summed E-state index contributed by atoms with van der Waals surface area (Å²) in [6.45, 7) is 7.36. The molecule has 0 radical (unpaired) electrons. The molecule has 0 aromatic heterocycles. The zero-order valence-electron chi connectivity index (χ0n) is 19.4. The first-order valence-corrected chi connectivity index (χ1v) is 12.6. The fourth-order valence-electron chi connectivity index (χ4n) is 5.17. The lowest BCUT2D eigenvalue weighted by Crippen LogP contribution is -2.45. The molecule has 1 amide bonds. The second-order valence-corrected chi connectivity index (χ2v) is 10.1. The van der Waals surface area contributed by atoms with E-state index in [4.69, 9.17) is 0 Å². The van der Waals surface area contributed by atoms with Crippen LogP contribution in [0.3, 0.4) is 0 Å². The molecule has 1 atom stereocenters. The van der Waals surface area contributed by atoms with Gasteiger partial charge in [0.25, 0.3) is 0 Å². The van der Waals surface area contributed by atoms with Crippen LogP contribution in [-0.4, -0.2) is 49.0 Å². The van der Waals surface area contributed by atoms with Crippen molar-refractivity contribution in [1.82, 2.24) is 4.90 Å². The van der Waals surface area contributed by atoms with Crippen molar-refractivity contribution in [3.8, 4) is 0 Å². The Balaban J connectivity index is 0.00000306. The highest BCUT2D eigenvalue weighted by Gasteiger charge is 2.52. The topological polar surface area (TPSA) is 40.6 Å². The number of ketones is 1. The maximum Gasteiger partial charge on any atom is 0.248 e. The Morgan fingerprint density at radius 1 is 1.09 bits per heavy atom. The molecule has 4 rings (SSSR count). The molecule has 0 bridgehead atoms. The van der Waals surface area contributed by atoms with E-state index in [9.17, 15) is 14.0 Å². The van der Waals surface area contributed by atoms with E-state index in [1.54, 1.807) is 23.9 Å². The van der Waals surface area contributed by atoms with Crippen LogP contribution in [0.5, 0.6) is 0 Å². The Hall–Kier alpha value is -1.89. The van der Waals surface area contributed by atoms with Crippen molar-refractivity contribution in [2.45, 2.75) is 31.4 Å². The van der Waals surface area contributed by atoms with Gasteiger partial charge in [-0.15, -0.1) is 24.2 Å². The zero-order chi connectivity index (χ0) is 22.9. The quantitative estimate of drug-likeness (QED) is 0.487. The number of carbonyl (C=O) groups excluding carboxylic acids is 2. The van der Waals surface area contributed by atoms with Crippen LogP contribution >= 0.6 is 24.2 Å². The highest BCUT2D eigenvalue weighted by molar-refractivity contribution is 8.00. The lowest BCUT2D eigenvalue weighted by molar-refractivity contribution is -0.121. The molecule has 1 fully saturated rings. The molecule has 4 nitrogen and oxygen atoms in total. The Bertz CT molecular complexity index is 992. The number of nitrogens with zero attached hydrogens (tertiary/aromatic N) is 2. The minimum absolute atomic E-state index is 0. The second kappa shape index (κ2) is 10.6. The number of hydrogen-bond acceptors (Lipinski definition) is 4. The number of thioether (sulfide) groups is 1. The number of amides is 1. The third-order valence-electron chi connectivity index (χ3n) is 7.02. The van der Waals surface area contributed by atoms with E-state index in [2.05, 4.69) is 30.9 Å². The van der Waals surface area contributed by atoms with Gasteiger partial charge in [0, 0.05) is 35.8 Å². The number of piperidine rings is 1. The van der Waals surface area contributed by atoms with Crippen molar-refractivity contribution in [1.29, 1.82) is 0 Å². The van der Waals surface area contributed by atoms with Crippen LogP contribution in [0.15, 0.2) is 48.5 Å². The number of halogens is 2. The number of anilines is 1. The van der Waals surface area contributed by atoms with Gasteiger partial charge in [0.2, 0.25) is 5.91 Å². The van der Waals surface area contributed by atoms with Gasteiger partial charge < -0.3 is 9.80 Å². The molecule has 2 aromatic rings. The fraction of sp³-hybridized carbons (Fsp3) is 0.462. The molecule has 178 valence electrons. The monoisotopic (exact) mass is 490 g/mol. The van der Waals surface area contributed by atoms with Crippen LogP contribution < -0.4 is 4.90 Å². The van der Waals surface area contributed by atoms with Gasteiger partial charge in [-0.05, 0) is 68.4 Å². The molecular weight excluding hydrogens is 459 g/mol. The minimum atomic E-state index is -0.523. The maximum absolute atomic E-state index is 13.6. The molecule has 0 N–H and O–H groups in total. The maximum atomic E-state index is 13.6. The van der Waals surface area contributed by atoms with E-state index < -0.39 is 4.75 Å². The summed E-state index contributed by atoms with van der Waals surface area (Å²) in [6, 6.07) is 14.0. The number of likely N-dealkylation sites (tertiary alicyclic amines) is 1. The van der Waals surface area contributed by atoms with E-state index in [0.29, 0.717) is 12.1 Å². The van der Waals surface area contributed by atoms with Gasteiger partial charge in [0.15, 0.2) is 5.78 Å². The van der Waals surface area contributed by atoms with Crippen LogP contribution in [0.25, 0.3) is 0 Å². The third kappa shape index (κ3) is 4.71. The number of carbonyl (C=O) groups is 2. The van der Waals surface area contributed by atoms with E-state index in [0.717, 1.165) is 43.7 Å². The van der Waals surface area contributed by atoms with Crippen LogP contribution in [0.4, 0.5) is 10.1 Å². The van der Waals surface area contributed by atoms with Gasteiger partial charge in [-0.3, -0.25) is 9.59 Å². The summed E-state index contributed by atoms with van der Waals surface area (Å²) in [7, 11) is 0.